The number of hydrogen-bond donors (Lipinski definition) is 2. The summed E-state index contributed by atoms with van der Waals surface area (Å²) in [5.74, 6) is -0.107. The molecule has 1 aliphatic heterocycles. The van der Waals surface area contributed by atoms with E-state index in [9.17, 15) is 9.90 Å². The molecule has 1 amide bonds. The number of allylic oxidation sites excluding steroid dienone is 1. The summed E-state index contributed by atoms with van der Waals surface area (Å²) in [6, 6.07) is 7.65. The van der Waals surface area contributed by atoms with Gasteiger partial charge in [0.1, 0.15) is 5.60 Å². The molecule has 1 aromatic rings. The molecule has 3 heteroatoms. The van der Waals surface area contributed by atoms with Crippen LogP contribution in [0.1, 0.15) is 57.4 Å². The van der Waals surface area contributed by atoms with Gasteiger partial charge in [-0.25, -0.2) is 0 Å². The molecule has 1 saturated carbocycles. The minimum atomic E-state index is -1.12. The second kappa shape index (κ2) is 5.64. The van der Waals surface area contributed by atoms with Crippen molar-refractivity contribution in [1.29, 1.82) is 0 Å². The summed E-state index contributed by atoms with van der Waals surface area (Å²) in [5, 5.41) is 14.4. The van der Waals surface area contributed by atoms with Crippen LogP contribution in [-0.2, 0) is 10.4 Å². The monoisotopic (exact) mass is 285 g/mol. The molecular formula is C18H23NO2. The molecule has 1 atom stereocenters. The third-order valence-corrected chi connectivity index (χ3v) is 4.71. The lowest BCUT2D eigenvalue weighted by atomic mass is 9.76. The Balaban J connectivity index is 2.15. The molecule has 21 heavy (non-hydrogen) atoms. The van der Waals surface area contributed by atoms with E-state index >= 15 is 0 Å². The maximum absolute atomic E-state index is 12.6. The Morgan fingerprint density at radius 2 is 1.95 bits per heavy atom. The van der Waals surface area contributed by atoms with Crippen molar-refractivity contribution in [3.05, 3.63) is 41.0 Å². The Hall–Kier alpha value is -1.61. The fourth-order valence-electron chi connectivity index (χ4n) is 3.66. The fraction of sp³-hybridized carbons (Fsp3) is 0.500. The van der Waals surface area contributed by atoms with Gasteiger partial charge in [0.15, 0.2) is 0 Å². The van der Waals surface area contributed by atoms with Gasteiger partial charge in [-0.1, -0.05) is 43.5 Å². The van der Waals surface area contributed by atoms with Gasteiger partial charge in [-0.15, -0.1) is 0 Å². The Morgan fingerprint density at radius 3 is 2.67 bits per heavy atom. The SMILES string of the molecule is CCCCC1(O)C(=C2CCCC2)C(=O)Nc2ccccc21. The first-order chi connectivity index (χ1) is 10.2. The van der Waals surface area contributed by atoms with E-state index < -0.39 is 5.60 Å². The number of aliphatic hydroxyl groups is 1. The number of amides is 1. The molecule has 1 aromatic carbocycles. The molecule has 1 heterocycles. The zero-order chi connectivity index (χ0) is 14.9. The van der Waals surface area contributed by atoms with Crippen molar-refractivity contribution in [3.63, 3.8) is 0 Å². The third kappa shape index (κ3) is 2.40. The number of carbonyl (C=O) groups is 1. The van der Waals surface area contributed by atoms with E-state index in [4.69, 9.17) is 0 Å². The Kier molecular flexibility index (Phi) is 3.85. The maximum atomic E-state index is 12.6. The fourth-order valence-corrected chi connectivity index (χ4v) is 3.66. The van der Waals surface area contributed by atoms with E-state index in [1.165, 1.54) is 0 Å². The van der Waals surface area contributed by atoms with Gasteiger partial charge in [-0.3, -0.25) is 4.79 Å². The van der Waals surface area contributed by atoms with Crippen molar-refractivity contribution in [2.24, 2.45) is 0 Å². The second-order valence-corrected chi connectivity index (χ2v) is 6.15. The predicted octanol–water partition coefficient (Wildman–Crippen LogP) is 3.89. The minimum absolute atomic E-state index is 0.107. The van der Waals surface area contributed by atoms with Crippen molar-refractivity contribution >= 4 is 11.6 Å². The number of hydrogen-bond acceptors (Lipinski definition) is 2. The number of anilines is 1. The van der Waals surface area contributed by atoms with Crippen molar-refractivity contribution in [1.82, 2.24) is 0 Å². The van der Waals surface area contributed by atoms with Crippen LogP contribution in [-0.4, -0.2) is 11.0 Å². The molecule has 1 aliphatic carbocycles. The molecular weight excluding hydrogens is 262 g/mol. The van der Waals surface area contributed by atoms with Crippen molar-refractivity contribution in [2.75, 3.05) is 5.32 Å². The number of unbranched alkanes of at least 4 members (excludes halogenated alkanes) is 1. The van der Waals surface area contributed by atoms with Crippen LogP contribution < -0.4 is 5.32 Å². The van der Waals surface area contributed by atoms with E-state index in [0.717, 1.165) is 55.3 Å². The number of nitrogens with one attached hydrogen (secondary N) is 1. The topological polar surface area (TPSA) is 49.3 Å². The molecule has 0 spiro atoms. The van der Waals surface area contributed by atoms with E-state index in [2.05, 4.69) is 12.2 Å². The van der Waals surface area contributed by atoms with Gasteiger partial charge in [0.25, 0.3) is 5.91 Å². The van der Waals surface area contributed by atoms with Crippen LogP contribution >= 0.6 is 0 Å². The van der Waals surface area contributed by atoms with Crippen molar-refractivity contribution in [3.8, 4) is 0 Å². The Bertz CT molecular complexity index is 583. The van der Waals surface area contributed by atoms with Gasteiger partial charge >= 0.3 is 0 Å². The van der Waals surface area contributed by atoms with Gasteiger partial charge < -0.3 is 10.4 Å². The lowest BCUT2D eigenvalue weighted by molar-refractivity contribution is -0.116. The molecule has 1 unspecified atom stereocenters. The molecule has 3 nitrogen and oxygen atoms in total. The van der Waals surface area contributed by atoms with Crippen LogP contribution in [0.2, 0.25) is 0 Å². The first kappa shape index (κ1) is 14.3. The summed E-state index contributed by atoms with van der Waals surface area (Å²) in [4.78, 5) is 12.6. The van der Waals surface area contributed by atoms with Crippen LogP contribution in [0.5, 0.6) is 0 Å². The molecule has 2 N–H and O–H groups in total. The number of carbonyl (C=O) groups excluding carboxylic acids is 1. The number of para-hydroxylation sites is 1. The molecule has 112 valence electrons. The van der Waals surface area contributed by atoms with Crippen molar-refractivity contribution < 1.29 is 9.90 Å². The summed E-state index contributed by atoms with van der Waals surface area (Å²) in [7, 11) is 0. The van der Waals surface area contributed by atoms with E-state index in [1.54, 1.807) is 0 Å². The zero-order valence-corrected chi connectivity index (χ0v) is 12.6. The quantitative estimate of drug-likeness (QED) is 0.828. The van der Waals surface area contributed by atoms with Gasteiger partial charge in [-0.05, 0) is 38.2 Å². The first-order valence-electron chi connectivity index (χ1n) is 8.02. The zero-order valence-electron chi connectivity index (χ0n) is 12.6. The summed E-state index contributed by atoms with van der Waals surface area (Å²) in [5.41, 5.74) is 2.28. The minimum Gasteiger partial charge on any atom is -0.380 e. The number of rotatable bonds is 3. The summed E-state index contributed by atoms with van der Waals surface area (Å²) in [6.45, 7) is 2.11. The standard InChI is InChI=1S/C18H23NO2/c1-2-3-12-18(21)14-10-6-7-11-15(14)19-17(20)16(18)13-8-4-5-9-13/h6-7,10-11,21H,2-5,8-9,12H2,1H3,(H,19,20). The average Bonchev–Trinajstić information content (AvgIpc) is 2.99. The molecule has 1 fully saturated rings. The van der Waals surface area contributed by atoms with Crippen LogP contribution in [0.4, 0.5) is 5.69 Å². The van der Waals surface area contributed by atoms with Gasteiger partial charge in [0, 0.05) is 11.3 Å². The highest BCUT2D eigenvalue weighted by atomic mass is 16.3. The largest absolute Gasteiger partial charge is 0.380 e. The molecule has 0 radical (unpaired) electrons. The van der Waals surface area contributed by atoms with E-state index in [1.807, 2.05) is 24.3 Å². The van der Waals surface area contributed by atoms with Gasteiger partial charge in [-0.2, -0.15) is 0 Å². The summed E-state index contributed by atoms with van der Waals surface area (Å²) >= 11 is 0. The number of benzene rings is 1. The lowest BCUT2D eigenvalue weighted by Gasteiger charge is -2.37. The highest BCUT2D eigenvalue weighted by Crippen LogP contribution is 2.46. The maximum Gasteiger partial charge on any atom is 0.254 e. The second-order valence-electron chi connectivity index (χ2n) is 6.15. The van der Waals surface area contributed by atoms with Crippen LogP contribution in [0.15, 0.2) is 35.4 Å². The van der Waals surface area contributed by atoms with Crippen LogP contribution in [0, 0.1) is 0 Å². The summed E-state index contributed by atoms with van der Waals surface area (Å²) < 4.78 is 0. The van der Waals surface area contributed by atoms with Gasteiger partial charge in [0.2, 0.25) is 0 Å². The first-order valence-corrected chi connectivity index (χ1v) is 8.02. The van der Waals surface area contributed by atoms with Crippen LogP contribution in [0.3, 0.4) is 0 Å². The molecule has 2 aliphatic rings. The summed E-state index contributed by atoms with van der Waals surface area (Å²) in [6.07, 6.45) is 6.67. The molecule has 0 bridgehead atoms. The highest BCUT2D eigenvalue weighted by molar-refractivity contribution is 6.09. The smallest absolute Gasteiger partial charge is 0.254 e. The van der Waals surface area contributed by atoms with E-state index in [0.29, 0.717) is 12.0 Å². The normalized spacial score (nSPS) is 25.0. The van der Waals surface area contributed by atoms with E-state index in [-0.39, 0.29) is 5.91 Å². The predicted molar refractivity (Wildman–Crippen MR) is 84.0 cm³/mol. The lowest BCUT2D eigenvalue weighted by Crippen LogP contribution is -2.41. The van der Waals surface area contributed by atoms with Gasteiger partial charge in [0.05, 0.1) is 5.57 Å². The van der Waals surface area contributed by atoms with Crippen molar-refractivity contribution in [2.45, 2.75) is 57.5 Å². The molecule has 3 rings (SSSR count). The molecule has 0 aromatic heterocycles. The third-order valence-electron chi connectivity index (χ3n) is 4.71. The average molecular weight is 285 g/mol. The Labute approximate surface area is 126 Å². The highest BCUT2D eigenvalue weighted by Gasteiger charge is 2.44. The molecule has 0 saturated heterocycles. The number of fused-ring (bicyclic) bond motifs is 1. The van der Waals surface area contributed by atoms with Crippen LogP contribution in [0.25, 0.3) is 0 Å². The Morgan fingerprint density at radius 1 is 1.24 bits per heavy atom.